The number of ketones is 1. The third-order valence-electron chi connectivity index (χ3n) is 3.11. The van der Waals surface area contributed by atoms with Gasteiger partial charge in [-0.05, 0) is 30.5 Å². The van der Waals surface area contributed by atoms with Gasteiger partial charge >= 0.3 is 5.97 Å². The molecule has 0 bridgehead atoms. The fourth-order valence-corrected chi connectivity index (χ4v) is 2.22. The number of ether oxygens (including phenoxy) is 2. The lowest BCUT2D eigenvalue weighted by Crippen LogP contribution is -2.39. The first-order valence-corrected chi connectivity index (χ1v) is 6.62. The standard InChI is InChI=1S/C16H18O4/c1-4-12(17)9-5-7-11-8-6-10-13-14(11)15(18)20-16(2,3)19-13/h4,6,8,10H,1,5,7,9H2,2-3H3. The van der Waals surface area contributed by atoms with Crippen LogP contribution in [-0.2, 0) is 16.0 Å². The molecule has 4 nitrogen and oxygen atoms in total. The number of fused-ring (bicyclic) bond motifs is 1. The van der Waals surface area contributed by atoms with E-state index in [9.17, 15) is 9.59 Å². The van der Waals surface area contributed by atoms with Gasteiger partial charge in [-0.1, -0.05) is 18.7 Å². The van der Waals surface area contributed by atoms with E-state index in [4.69, 9.17) is 9.47 Å². The molecule has 20 heavy (non-hydrogen) atoms. The molecule has 1 aromatic carbocycles. The van der Waals surface area contributed by atoms with E-state index in [1.165, 1.54) is 6.08 Å². The smallest absolute Gasteiger partial charge is 0.345 e. The van der Waals surface area contributed by atoms with Crippen molar-refractivity contribution in [1.82, 2.24) is 0 Å². The van der Waals surface area contributed by atoms with Crippen LogP contribution in [0.15, 0.2) is 30.9 Å². The summed E-state index contributed by atoms with van der Waals surface area (Å²) in [5.41, 5.74) is 1.32. The predicted octanol–water partition coefficient (Wildman–Crippen LogP) is 3.05. The number of hydrogen-bond acceptors (Lipinski definition) is 4. The quantitative estimate of drug-likeness (QED) is 0.611. The van der Waals surface area contributed by atoms with Crippen LogP contribution in [0, 0.1) is 0 Å². The number of hydrogen-bond donors (Lipinski definition) is 0. The molecule has 2 rings (SSSR count). The Labute approximate surface area is 118 Å². The van der Waals surface area contributed by atoms with Crippen molar-refractivity contribution < 1.29 is 19.1 Å². The zero-order valence-electron chi connectivity index (χ0n) is 11.8. The third kappa shape index (κ3) is 3.07. The van der Waals surface area contributed by atoms with Crippen molar-refractivity contribution in [2.75, 3.05) is 0 Å². The van der Waals surface area contributed by atoms with E-state index in [0.717, 1.165) is 5.56 Å². The first-order chi connectivity index (χ1) is 9.43. The molecule has 1 aromatic rings. The summed E-state index contributed by atoms with van der Waals surface area (Å²) in [4.78, 5) is 23.3. The summed E-state index contributed by atoms with van der Waals surface area (Å²) in [6.07, 6.45) is 3.04. The van der Waals surface area contributed by atoms with Crippen LogP contribution in [-0.4, -0.2) is 17.5 Å². The molecule has 0 unspecified atom stereocenters. The second-order valence-electron chi connectivity index (χ2n) is 5.21. The number of aryl methyl sites for hydroxylation is 1. The SMILES string of the molecule is C=CC(=O)CCCc1cccc2c1C(=O)OC(C)(C)O2. The summed E-state index contributed by atoms with van der Waals surface area (Å²) in [5, 5.41) is 0. The molecule has 4 heteroatoms. The number of carbonyl (C=O) groups is 2. The van der Waals surface area contributed by atoms with Gasteiger partial charge in [-0.2, -0.15) is 0 Å². The first-order valence-electron chi connectivity index (χ1n) is 6.62. The largest absolute Gasteiger partial charge is 0.452 e. The lowest BCUT2D eigenvalue weighted by atomic mass is 9.99. The molecule has 106 valence electrons. The van der Waals surface area contributed by atoms with E-state index < -0.39 is 5.79 Å². The van der Waals surface area contributed by atoms with Crippen molar-refractivity contribution in [2.24, 2.45) is 0 Å². The Balaban J connectivity index is 2.18. The Bertz CT molecular complexity index is 558. The molecule has 1 heterocycles. The number of allylic oxidation sites excluding steroid dienone is 1. The van der Waals surface area contributed by atoms with E-state index in [2.05, 4.69) is 6.58 Å². The Kier molecular flexibility index (Phi) is 3.93. The Morgan fingerprint density at radius 2 is 2.10 bits per heavy atom. The minimum absolute atomic E-state index is 0.00904. The van der Waals surface area contributed by atoms with Gasteiger partial charge in [0.25, 0.3) is 0 Å². The Morgan fingerprint density at radius 3 is 2.80 bits per heavy atom. The molecule has 0 saturated heterocycles. The van der Waals surface area contributed by atoms with Crippen LogP contribution in [0.1, 0.15) is 42.6 Å². The van der Waals surface area contributed by atoms with E-state index in [0.29, 0.717) is 30.6 Å². The highest BCUT2D eigenvalue weighted by molar-refractivity contribution is 5.95. The van der Waals surface area contributed by atoms with Gasteiger partial charge < -0.3 is 9.47 Å². The molecule has 0 atom stereocenters. The first kappa shape index (κ1) is 14.3. The molecule has 0 saturated carbocycles. The van der Waals surface area contributed by atoms with E-state index in [1.807, 2.05) is 12.1 Å². The predicted molar refractivity (Wildman–Crippen MR) is 74.7 cm³/mol. The van der Waals surface area contributed by atoms with Gasteiger partial charge in [0.1, 0.15) is 11.3 Å². The zero-order chi connectivity index (χ0) is 14.8. The van der Waals surface area contributed by atoms with Gasteiger partial charge in [0.2, 0.25) is 5.79 Å². The molecular weight excluding hydrogens is 256 g/mol. The van der Waals surface area contributed by atoms with Gasteiger partial charge in [-0.3, -0.25) is 4.79 Å². The number of cyclic esters (lactones) is 1. The highest BCUT2D eigenvalue weighted by Crippen LogP contribution is 2.33. The minimum Gasteiger partial charge on any atom is -0.452 e. The van der Waals surface area contributed by atoms with Gasteiger partial charge in [-0.15, -0.1) is 0 Å². The van der Waals surface area contributed by atoms with Crippen molar-refractivity contribution in [3.63, 3.8) is 0 Å². The number of rotatable bonds is 5. The van der Waals surface area contributed by atoms with Gasteiger partial charge in [-0.25, -0.2) is 4.79 Å². The highest BCUT2D eigenvalue weighted by Gasteiger charge is 2.35. The molecule has 0 fully saturated rings. The van der Waals surface area contributed by atoms with Crippen molar-refractivity contribution in [2.45, 2.75) is 38.9 Å². The maximum atomic E-state index is 12.1. The second-order valence-corrected chi connectivity index (χ2v) is 5.21. The summed E-state index contributed by atoms with van der Waals surface area (Å²) in [7, 11) is 0. The molecule has 0 aliphatic carbocycles. The van der Waals surface area contributed by atoms with Crippen LogP contribution >= 0.6 is 0 Å². The van der Waals surface area contributed by atoms with Crippen molar-refractivity contribution in [3.8, 4) is 5.75 Å². The third-order valence-corrected chi connectivity index (χ3v) is 3.11. The molecule has 0 N–H and O–H groups in total. The summed E-state index contributed by atoms with van der Waals surface area (Å²) >= 11 is 0. The van der Waals surface area contributed by atoms with Crippen molar-refractivity contribution >= 4 is 11.8 Å². The fraction of sp³-hybridized carbons (Fsp3) is 0.375. The highest BCUT2D eigenvalue weighted by atomic mass is 16.7. The van der Waals surface area contributed by atoms with Crippen LogP contribution < -0.4 is 4.74 Å². The lowest BCUT2D eigenvalue weighted by molar-refractivity contribution is -0.127. The van der Waals surface area contributed by atoms with Crippen LogP contribution in [0.5, 0.6) is 5.75 Å². The van der Waals surface area contributed by atoms with Crippen LogP contribution in [0.2, 0.25) is 0 Å². The Morgan fingerprint density at radius 1 is 1.35 bits per heavy atom. The summed E-state index contributed by atoms with van der Waals surface area (Å²) < 4.78 is 10.9. The summed E-state index contributed by atoms with van der Waals surface area (Å²) in [5.74, 6) is -0.767. The summed E-state index contributed by atoms with van der Waals surface area (Å²) in [6, 6.07) is 5.47. The fourth-order valence-electron chi connectivity index (χ4n) is 2.22. The lowest BCUT2D eigenvalue weighted by Gasteiger charge is -2.32. The molecule has 1 aliphatic rings. The van der Waals surface area contributed by atoms with E-state index in [-0.39, 0.29) is 11.8 Å². The van der Waals surface area contributed by atoms with E-state index >= 15 is 0 Å². The van der Waals surface area contributed by atoms with Crippen molar-refractivity contribution in [3.05, 3.63) is 42.0 Å². The molecule has 0 aromatic heterocycles. The maximum Gasteiger partial charge on any atom is 0.345 e. The van der Waals surface area contributed by atoms with Gasteiger partial charge in [0.05, 0.1) is 0 Å². The van der Waals surface area contributed by atoms with Crippen molar-refractivity contribution in [1.29, 1.82) is 0 Å². The average molecular weight is 274 g/mol. The number of carbonyl (C=O) groups excluding carboxylic acids is 2. The zero-order valence-corrected chi connectivity index (χ0v) is 11.8. The number of benzene rings is 1. The average Bonchev–Trinajstić information content (AvgIpc) is 2.36. The van der Waals surface area contributed by atoms with Crippen LogP contribution in [0.4, 0.5) is 0 Å². The Hall–Kier alpha value is -2.10. The molecule has 0 radical (unpaired) electrons. The van der Waals surface area contributed by atoms with Crippen LogP contribution in [0.25, 0.3) is 0 Å². The molecule has 0 spiro atoms. The normalized spacial score (nSPS) is 15.8. The minimum atomic E-state index is -0.943. The monoisotopic (exact) mass is 274 g/mol. The molecule has 1 aliphatic heterocycles. The number of esters is 1. The molecule has 0 amide bonds. The van der Waals surface area contributed by atoms with Gasteiger partial charge in [0, 0.05) is 20.3 Å². The summed E-state index contributed by atoms with van der Waals surface area (Å²) in [6.45, 7) is 6.84. The van der Waals surface area contributed by atoms with Gasteiger partial charge in [0.15, 0.2) is 5.78 Å². The maximum absolute atomic E-state index is 12.1. The topological polar surface area (TPSA) is 52.6 Å². The van der Waals surface area contributed by atoms with E-state index in [1.54, 1.807) is 19.9 Å². The molecular formula is C16H18O4. The second kappa shape index (κ2) is 5.49. The van der Waals surface area contributed by atoms with Crippen LogP contribution in [0.3, 0.4) is 0 Å².